The first-order valence-electron chi connectivity index (χ1n) is 8.56. The third-order valence-electron chi connectivity index (χ3n) is 4.15. The molecule has 1 amide bonds. The van der Waals surface area contributed by atoms with E-state index in [4.69, 9.17) is 10.00 Å². The maximum atomic E-state index is 11.8. The van der Waals surface area contributed by atoms with Crippen LogP contribution in [0.4, 0.5) is 0 Å². The fraction of sp³-hybridized carbons (Fsp3) is 0.143. The molecule has 0 saturated carbocycles. The molecule has 0 aliphatic carbocycles. The van der Waals surface area contributed by atoms with E-state index < -0.39 is 5.91 Å². The zero-order chi connectivity index (χ0) is 19.9. The van der Waals surface area contributed by atoms with Crippen molar-refractivity contribution in [2.24, 2.45) is 5.10 Å². The van der Waals surface area contributed by atoms with E-state index in [-0.39, 0.29) is 12.4 Å². The second kappa shape index (κ2) is 8.64. The molecule has 0 spiro atoms. The van der Waals surface area contributed by atoms with Gasteiger partial charge in [0.1, 0.15) is 6.42 Å². The highest BCUT2D eigenvalue weighted by molar-refractivity contribution is 5.99. The zero-order valence-corrected chi connectivity index (χ0v) is 15.3. The molecule has 7 nitrogen and oxygen atoms in total. The number of amides is 1. The molecule has 0 atom stereocenters. The number of rotatable bonds is 6. The van der Waals surface area contributed by atoms with Gasteiger partial charge in [0.15, 0.2) is 0 Å². The minimum atomic E-state index is -0.456. The van der Waals surface area contributed by atoms with Gasteiger partial charge in [0.25, 0.3) is 5.91 Å². The number of methoxy groups -OCH3 is 1. The highest BCUT2D eigenvalue weighted by Crippen LogP contribution is 2.21. The van der Waals surface area contributed by atoms with E-state index in [0.29, 0.717) is 12.1 Å². The predicted molar refractivity (Wildman–Crippen MR) is 105 cm³/mol. The van der Waals surface area contributed by atoms with Gasteiger partial charge in [0.05, 0.1) is 25.0 Å². The lowest BCUT2D eigenvalue weighted by Crippen LogP contribution is -2.16. The number of carbonyl (C=O) groups excluding carboxylic acids is 2. The summed E-state index contributed by atoms with van der Waals surface area (Å²) < 4.78 is 6.82. The number of esters is 1. The Bertz CT molecular complexity index is 1090. The molecule has 3 aromatic rings. The Morgan fingerprint density at radius 3 is 2.86 bits per heavy atom. The first kappa shape index (κ1) is 18.9. The topological polar surface area (TPSA) is 96.5 Å². The van der Waals surface area contributed by atoms with Crippen LogP contribution < -0.4 is 5.43 Å². The van der Waals surface area contributed by atoms with Gasteiger partial charge in [-0.25, -0.2) is 10.2 Å². The average molecular weight is 374 g/mol. The number of aromatic nitrogens is 1. The highest BCUT2D eigenvalue weighted by Gasteiger charge is 2.09. The number of nitrogens with one attached hydrogen (secondary N) is 1. The van der Waals surface area contributed by atoms with Gasteiger partial charge in [-0.15, -0.1) is 0 Å². The predicted octanol–water partition coefficient (Wildman–Crippen LogP) is 2.84. The largest absolute Gasteiger partial charge is 0.465 e. The summed E-state index contributed by atoms with van der Waals surface area (Å²) >= 11 is 0. The standard InChI is InChI=1S/C21H18N4O3/c1-28-21(27)16-6-4-5-15(11-16)13-25-14-17(12-23-24-20(26)9-10-22)18-7-2-3-8-19(18)25/h2-8,11-12,14H,9,13H2,1H3,(H,24,26)/b23-12-. The molecular formula is C21H18N4O3. The number of hydrazone groups is 1. The first-order valence-corrected chi connectivity index (χ1v) is 8.56. The Morgan fingerprint density at radius 1 is 1.25 bits per heavy atom. The van der Waals surface area contributed by atoms with Gasteiger partial charge >= 0.3 is 5.97 Å². The Balaban J connectivity index is 1.89. The summed E-state index contributed by atoms with van der Waals surface area (Å²) in [5.74, 6) is -0.831. The molecule has 0 bridgehead atoms. The smallest absolute Gasteiger partial charge is 0.337 e. The van der Waals surface area contributed by atoms with E-state index >= 15 is 0 Å². The lowest BCUT2D eigenvalue weighted by molar-refractivity contribution is -0.120. The molecule has 1 heterocycles. The summed E-state index contributed by atoms with van der Waals surface area (Å²) in [5, 5.41) is 13.4. The van der Waals surface area contributed by atoms with Crippen LogP contribution in [0.15, 0.2) is 59.8 Å². The monoisotopic (exact) mass is 374 g/mol. The Morgan fingerprint density at radius 2 is 2.07 bits per heavy atom. The second-order valence-electron chi connectivity index (χ2n) is 6.05. The molecule has 28 heavy (non-hydrogen) atoms. The Hall–Kier alpha value is -3.92. The number of hydrogen-bond acceptors (Lipinski definition) is 5. The number of fused-ring (bicyclic) bond motifs is 1. The van der Waals surface area contributed by atoms with Crippen molar-refractivity contribution in [3.63, 3.8) is 0 Å². The fourth-order valence-electron chi connectivity index (χ4n) is 2.91. The number of nitrogens with zero attached hydrogens (tertiary/aromatic N) is 3. The Labute approximate surface area is 161 Å². The molecule has 0 fully saturated rings. The molecule has 140 valence electrons. The van der Waals surface area contributed by atoms with Crippen molar-refractivity contribution in [3.8, 4) is 6.07 Å². The van der Waals surface area contributed by atoms with Crippen molar-refractivity contribution in [2.75, 3.05) is 7.11 Å². The molecule has 0 radical (unpaired) electrons. The number of ether oxygens (including phenoxy) is 1. The Kier molecular flexibility index (Phi) is 5.82. The van der Waals surface area contributed by atoms with Gasteiger partial charge in [-0.1, -0.05) is 30.3 Å². The van der Waals surface area contributed by atoms with Crippen molar-refractivity contribution in [1.82, 2.24) is 9.99 Å². The normalized spacial score (nSPS) is 10.7. The van der Waals surface area contributed by atoms with Crippen LogP contribution in [0.2, 0.25) is 0 Å². The minimum absolute atomic E-state index is 0.240. The van der Waals surface area contributed by atoms with Crippen LogP contribution in [0.3, 0.4) is 0 Å². The third-order valence-corrected chi connectivity index (χ3v) is 4.15. The van der Waals surface area contributed by atoms with Crippen molar-refractivity contribution in [3.05, 3.63) is 71.4 Å². The van der Waals surface area contributed by atoms with Crippen molar-refractivity contribution in [1.29, 1.82) is 5.26 Å². The summed E-state index contributed by atoms with van der Waals surface area (Å²) in [6, 6.07) is 16.9. The van der Waals surface area contributed by atoms with Gasteiger partial charge in [0, 0.05) is 29.2 Å². The fourth-order valence-corrected chi connectivity index (χ4v) is 2.91. The van der Waals surface area contributed by atoms with Gasteiger partial charge in [-0.2, -0.15) is 10.4 Å². The van der Waals surface area contributed by atoms with Gasteiger partial charge < -0.3 is 9.30 Å². The number of carbonyl (C=O) groups is 2. The van der Waals surface area contributed by atoms with E-state index in [1.54, 1.807) is 24.4 Å². The molecule has 2 aromatic carbocycles. The van der Waals surface area contributed by atoms with Crippen molar-refractivity contribution in [2.45, 2.75) is 13.0 Å². The lowest BCUT2D eigenvalue weighted by atomic mass is 10.1. The lowest BCUT2D eigenvalue weighted by Gasteiger charge is -2.07. The van der Waals surface area contributed by atoms with Crippen LogP contribution in [0, 0.1) is 11.3 Å². The number of benzene rings is 2. The average Bonchev–Trinajstić information content (AvgIpc) is 3.05. The maximum absolute atomic E-state index is 11.8. The SMILES string of the molecule is COC(=O)c1cccc(Cn2cc(/C=N\NC(=O)CC#N)c3ccccc32)c1. The summed E-state index contributed by atoms with van der Waals surface area (Å²) in [6.07, 6.45) is 3.24. The van der Waals surface area contributed by atoms with Crippen LogP contribution in [-0.2, 0) is 16.1 Å². The molecule has 7 heteroatoms. The number of hydrogen-bond donors (Lipinski definition) is 1. The highest BCUT2D eigenvalue weighted by atomic mass is 16.5. The van der Waals surface area contributed by atoms with Gasteiger partial charge in [0.2, 0.25) is 0 Å². The van der Waals surface area contributed by atoms with E-state index in [9.17, 15) is 9.59 Å². The molecule has 3 rings (SSSR count). The van der Waals surface area contributed by atoms with E-state index in [0.717, 1.165) is 22.0 Å². The summed E-state index contributed by atoms with van der Waals surface area (Å²) in [5.41, 5.74) is 5.61. The molecule has 0 aliphatic heterocycles. The van der Waals surface area contributed by atoms with E-state index in [2.05, 4.69) is 10.5 Å². The van der Waals surface area contributed by atoms with Crippen LogP contribution >= 0.6 is 0 Å². The van der Waals surface area contributed by atoms with Crippen LogP contribution in [0.5, 0.6) is 0 Å². The van der Waals surface area contributed by atoms with Crippen molar-refractivity contribution >= 4 is 29.0 Å². The minimum Gasteiger partial charge on any atom is -0.465 e. The molecule has 1 aromatic heterocycles. The van der Waals surface area contributed by atoms with E-state index in [1.807, 2.05) is 47.2 Å². The number of nitriles is 1. The van der Waals surface area contributed by atoms with Gasteiger partial charge in [-0.3, -0.25) is 4.79 Å². The summed E-state index contributed by atoms with van der Waals surface area (Å²) in [7, 11) is 1.36. The van der Waals surface area contributed by atoms with Crippen molar-refractivity contribution < 1.29 is 14.3 Å². The molecule has 0 unspecified atom stereocenters. The summed E-state index contributed by atoms with van der Waals surface area (Å²) in [6.45, 7) is 0.556. The molecule has 0 saturated heterocycles. The summed E-state index contributed by atoms with van der Waals surface area (Å²) in [4.78, 5) is 23.1. The van der Waals surface area contributed by atoms with E-state index in [1.165, 1.54) is 7.11 Å². The third kappa shape index (κ3) is 4.24. The quantitative estimate of drug-likeness (QED) is 0.408. The van der Waals surface area contributed by atoms with Crippen LogP contribution in [-0.4, -0.2) is 29.8 Å². The molecular weight excluding hydrogens is 356 g/mol. The van der Waals surface area contributed by atoms with Gasteiger partial charge in [-0.05, 0) is 23.8 Å². The second-order valence-corrected chi connectivity index (χ2v) is 6.05. The zero-order valence-electron chi connectivity index (χ0n) is 15.3. The van der Waals surface area contributed by atoms with Crippen LogP contribution in [0.25, 0.3) is 10.9 Å². The maximum Gasteiger partial charge on any atom is 0.337 e. The molecule has 0 aliphatic rings. The first-order chi connectivity index (χ1) is 13.6. The number of para-hydroxylation sites is 1. The van der Waals surface area contributed by atoms with Crippen LogP contribution in [0.1, 0.15) is 27.9 Å². The molecule has 1 N–H and O–H groups in total.